The quantitative estimate of drug-likeness (QED) is 0.477. The molecule has 3 aliphatic carbocycles. The second-order valence-electron chi connectivity index (χ2n) is 4.45. The van der Waals surface area contributed by atoms with Gasteiger partial charge in [0.1, 0.15) is 0 Å². The van der Waals surface area contributed by atoms with Crippen molar-refractivity contribution in [2.75, 3.05) is 0 Å². The van der Waals surface area contributed by atoms with Crippen LogP contribution in [0.4, 0.5) is 0 Å². The fourth-order valence-corrected chi connectivity index (χ4v) is 3.42. The molecule has 0 aromatic heterocycles. The Labute approximate surface area is 63.0 Å². The van der Waals surface area contributed by atoms with Gasteiger partial charge >= 0.3 is 0 Å². The SMILES string of the molecule is [C]1CC2CC3CC1C(C2)C3. The van der Waals surface area contributed by atoms with Crippen molar-refractivity contribution >= 4 is 0 Å². The maximum Gasteiger partial charge on any atom is -0.0134 e. The summed E-state index contributed by atoms with van der Waals surface area (Å²) in [4.78, 5) is 0. The Kier molecular flexibility index (Phi) is 1.00. The highest BCUT2D eigenvalue weighted by atomic mass is 14.5. The Bertz CT molecular complexity index is 140. The zero-order valence-electron chi connectivity index (χ0n) is 6.34. The molecule has 0 heteroatoms. The van der Waals surface area contributed by atoms with Crippen molar-refractivity contribution in [2.24, 2.45) is 23.7 Å². The number of fused-ring (bicyclic) bond motifs is 2. The zero-order valence-corrected chi connectivity index (χ0v) is 6.34. The molecule has 0 nitrogen and oxygen atoms in total. The average molecular weight is 134 g/mol. The van der Waals surface area contributed by atoms with Crippen molar-refractivity contribution in [3.05, 3.63) is 6.42 Å². The summed E-state index contributed by atoms with van der Waals surface area (Å²) in [7, 11) is 0. The van der Waals surface area contributed by atoms with E-state index < -0.39 is 0 Å². The van der Waals surface area contributed by atoms with Gasteiger partial charge in [0.2, 0.25) is 0 Å². The number of hydrogen-bond acceptors (Lipinski definition) is 0. The van der Waals surface area contributed by atoms with Gasteiger partial charge in [-0.15, -0.1) is 0 Å². The van der Waals surface area contributed by atoms with Gasteiger partial charge in [-0.1, -0.05) is 0 Å². The highest BCUT2D eigenvalue weighted by Crippen LogP contribution is 2.54. The third kappa shape index (κ3) is 0.627. The van der Waals surface area contributed by atoms with Crippen LogP contribution in [-0.2, 0) is 0 Å². The van der Waals surface area contributed by atoms with Crippen LogP contribution in [0.2, 0.25) is 0 Å². The van der Waals surface area contributed by atoms with Gasteiger partial charge in [0.25, 0.3) is 0 Å². The Hall–Kier alpha value is 0. The zero-order chi connectivity index (χ0) is 6.55. The van der Waals surface area contributed by atoms with E-state index in [0.717, 1.165) is 23.7 Å². The summed E-state index contributed by atoms with van der Waals surface area (Å²) >= 11 is 0. The third-order valence-electron chi connectivity index (χ3n) is 3.76. The molecule has 0 saturated heterocycles. The van der Waals surface area contributed by atoms with Gasteiger partial charge in [-0.3, -0.25) is 0 Å². The molecule has 4 unspecified atom stereocenters. The molecule has 0 spiro atoms. The normalized spacial score (nSPS) is 57.6. The van der Waals surface area contributed by atoms with E-state index >= 15 is 0 Å². The van der Waals surface area contributed by atoms with Crippen molar-refractivity contribution in [3.8, 4) is 0 Å². The maximum atomic E-state index is 3.67. The molecule has 4 atom stereocenters. The number of hydrogen-bond donors (Lipinski definition) is 0. The van der Waals surface area contributed by atoms with Crippen molar-refractivity contribution in [2.45, 2.75) is 32.1 Å². The Morgan fingerprint density at radius 1 is 0.900 bits per heavy atom. The molecule has 0 aliphatic heterocycles. The Balaban J connectivity index is 1.94. The van der Waals surface area contributed by atoms with Crippen LogP contribution in [0, 0.1) is 30.1 Å². The van der Waals surface area contributed by atoms with Crippen molar-refractivity contribution in [1.82, 2.24) is 0 Å². The van der Waals surface area contributed by atoms with E-state index in [1.807, 2.05) is 0 Å². The first kappa shape index (κ1) is 5.62. The summed E-state index contributed by atoms with van der Waals surface area (Å²) in [5.74, 6) is 4.19. The molecule has 54 valence electrons. The summed E-state index contributed by atoms with van der Waals surface area (Å²) in [6.07, 6.45) is 11.1. The van der Waals surface area contributed by atoms with Gasteiger partial charge in [-0.05, 0) is 62.2 Å². The smallest absolute Gasteiger partial charge is 0.0134 e. The Morgan fingerprint density at radius 3 is 2.80 bits per heavy atom. The predicted octanol–water partition coefficient (Wildman–Crippen LogP) is 2.52. The molecule has 0 N–H and O–H groups in total. The topological polar surface area (TPSA) is 0 Å². The highest BCUT2D eigenvalue weighted by molar-refractivity contribution is 5.01. The summed E-state index contributed by atoms with van der Waals surface area (Å²) in [5.41, 5.74) is 0. The summed E-state index contributed by atoms with van der Waals surface area (Å²) in [5, 5.41) is 0. The first-order chi connectivity index (χ1) is 4.92. The van der Waals surface area contributed by atoms with E-state index in [2.05, 4.69) is 6.42 Å². The molecule has 3 saturated carbocycles. The van der Waals surface area contributed by atoms with Gasteiger partial charge in [-0.25, -0.2) is 0 Å². The van der Waals surface area contributed by atoms with Gasteiger partial charge in [0.05, 0.1) is 0 Å². The lowest BCUT2D eigenvalue weighted by atomic mass is 9.72. The van der Waals surface area contributed by atoms with Crippen LogP contribution in [0.1, 0.15) is 32.1 Å². The van der Waals surface area contributed by atoms with Gasteiger partial charge < -0.3 is 0 Å². The van der Waals surface area contributed by atoms with Crippen molar-refractivity contribution in [1.29, 1.82) is 0 Å². The van der Waals surface area contributed by atoms with Crippen LogP contribution in [0.25, 0.3) is 0 Å². The van der Waals surface area contributed by atoms with Crippen molar-refractivity contribution in [3.63, 3.8) is 0 Å². The highest BCUT2D eigenvalue weighted by Gasteiger charge is 2.44. The lowest BCUT2D eigenvalue weighted by Gasteiger charge is -2.33. The molecule has 3 fully saturated rings. The average Bonchev–Trinajstić information content (AvgIpc) is 2.11. The third-order valence-corrected chi connectivity index (χ3v) is 3.76. The van der Waals surface area contributed by atoms with E-state index in [1.165, 1.54) is 12.8 Å². The monoisotopic (exact) mass is 134 g/mol. The van der Waals surface area contributed by atoms with Crippen LogP contribution < -0.4 is 0 Å². The fourth-order valence-electron chi connectivity index (χ4n) is 3.42. The van der Waals surface area contributed by atoms with Crippen LogP contribution in [0.15, 0.2) is 0 Å². The minimum absolute atomic E-state index is 0.934. The molecule has 3 bridgehead atoms. The predicted molar refractivity (Wildman–Crippen MR) is 40.3 cm³/mol. The van der Waals surface area contributed by atoms with Crippen LogP contribution in [0.3, 0.4) is 0 Å². The van der Waals surface area contributed by atoms with Crippen LogP contribution in [0.5, 0.6) is 0 Å². The minimum Gasteiger partial charge on any atom is -0.0475 e. The fraction of sp³-hybridized carbons (Fsp3) is 0.900. The number of rotatable bonds is 0. The van der Waals surface area contributed by atoms with Gasteiger partial charge in [-0.2, -0.15) is 0 Å². The second-order valence-corrected chi connectivity index (χ2v) is 4.45. The van der Waals surface area contributed by atoms with Crippen molar-refractivity contribution < 1.29 is 0 Å². The molecular weight excluding hydrogens is 120 g/mol. The lowest BCUT2D eigenvalue weighted by molar-refractivity contribution is 0.214. The minimum atomic E-state index is 0.934. The van der Waals surface area contributed by atoms with E-state index in [0.29, 0.717) is 0 Å². The summed E-state index contributed by atoms with van der Waals surface area (Å²) in [6.45, 7) is 0. The lowest BCUT2D eigenvalue weighted by Crippen LogP contribution is -2.23. The van der Waals surface area contributed by atoms with Gasteiger partial charge in [0, 0.05) is 0 Å². The maximum absolute atomic E-state index is 3.67. The first-order valence-corrected chi connectivity index (χ1v) is 4.65. The molecule has 0 aromatic rings. The van der Waals surface area contributed by atoms with E-state index in [-0.39, 0.29) is 0 Å². The van der Waals surface area contributed by atoms with Crippen LogP contribution in [-0.4, -0.2) is 0 Å². The van der Waals surface area contributed by atoms with Gasteiger partial charge in [0.15, 0.2) is 0 Å². The molecule has 3 rings (SSSR count). The molecule has 0 aromatic carbocycles. The molecule has 0 heterocycles. The molecule has 0 amide bonds. The standard InChI is InChI=1S/C10H14/c1-2-9-5-8-3-7(1)4-10(9)6-8/h7-10H,1,3-6H2. The Morgan fingerprint density at radius 2 is 1.80 bits per heavy atom. The molecule has 10 heavy (non-hydrogen) atoms. The molecule has 2 radical (unpaired) electrons. The largest absolute Gasteiger partial charge is 0.0475 e. The summed E-state index contributed by atoms with van der Waals surface area (Å²) < 4.78 is 0. The second kappa shape index (κ2) is 1.78. The first-order valence-electron chi connectivity index (χ1n) is 4.65. The van der Waals surface area contributed by atoms with Crippen LogP contribution >= 0.6 is 0 Å². The van der Waals surface area contributed by atoms with E-state index in [4.69, 9.17) is 0 Å². The van der Waals surface area contributed by atoms with E-state index in [9.17, 15) is 0 Å². The molecule has 3 aliphatic rings. The van der Waals surface area contributed by atoms with E-state index in [1.54, 1.807) is 19.3 Å². The molecular formula is C10H14. The summed E-state index contributed by atoms with van der Waals surface area (Å²) in [6, 6.07) is 0.